The van der Waals surface area contributed by atoms with Crippen LogP contribution in [0, 0.1) is 0 Å². The van der Waals surface area contributed by atoms with Crippen molar-refractivity contribution in [1.29, 1.82) is 0 Å². The molecular formula is C16H17ClN3O2S+. The summed E-state index contributed by atoms with van der Waals surface area (Å²) in [6, 6.07) is 8.91. The molecule has 0 aliphatic heterocycles. The molecular weight excluding hydrogens is 334 g/mol. The average Bonchev–Trinajstić information content (AvgIpc) is 3.15. The molecule has 5 nitrogen and oxygen atoms in total. The van der Waals surface area contributed by atoms with Gasteiger partial charge in [-0.05, 0) is 30.3 Å². The first-order valence-corrected chi connectivity index (χ1v) is 8.44. The molecule has 0 saturated carbocycles. The number of benzene rings is 1. The molecule has 2 heterocycles. The zero-order valence-corrected chi connectivity index (χ0v) is 14.4. The van der Waals surface area contributed by atoms with Crippen LogP contribution >= 0.6 is 22.9 Å². The monoisotopic (exact) mass is 350 g/mol. The number of carbonyl (C=O) groups is 1. The maximum atomic E-state index is 12.7. The zero-order chi connectivity index (χ0) is 16.4. The van der Waals surface area contributed by atoms with Gasteiger partial charge in [-0.1, -0.05) is 22.9 Å². The van der Waals surface area contributed by atoms with Crippen LogP contribution in [0.1, 0.15) is 10.6 Å². The van der Waals surface area contributed by atoms with Crippen LogP contribution in [-0.4, -0.2) is 38.1 Å². The Morgan fingerprint density at radius 3 is 2.91 bits per heavy atom. The molecule has 3 aromatic rings. The molecule has 0 aliphatic rings. The fourth-order valence-electron chi connectivity index (χ4n) is 2.15. The molecule has 120 valence electrons. The molecule has 0 unspecified atom stereocenters. The van der Waals surface area contributed by atoms with Gasteiger partial charge in [-0.3, -0.25) is 9.69 Å². The Kier molecular flexibility index (Phi) is 4.66. The van der Waals surface area contributed by atoms with E-state index in [1.165, 1.54) is 22.5 Å². The number of thiazole rings is 1. The number of fused-ring (bicyclic) bond motifs is 1. The third-order valence-corrected chi connectivity index (χ3v) is 4.66. The molecule has 0 radical (unpaired) electrons. The van der Waals surface area contributed by atoms with E-state index in [4.69, 9.17) is 16.0 Å². The number of rotatable bonds is 5. The molecule has 2 aromatic heterocycles. The Morgan fingerprint density at radius 1 is 1.39 bits per heavy atom. The summed E-state index contributed by atoms with van der Waals surface area (Å²) in [6.45, 7) is 1.37. The molecule has 1 aromatic carbocycles. The third-order valence-electron chi connectivity index (χ3n) is 3.38. The second-order valence-corrected chi connectivity index (χ2v) is 6.95. The molecule has 0 bridgehead atoms. The van der Waals surface area contributed by atoms with Gasteiger partial charge < -0.3 is 9.32 Å². The lowest BCUT2D eigenvalue weighted by Gasteiger charge is -2.19. The number of nitrogens with zero attached hydrogens (tertiary/aromatic N) is 2. The summed E-state index contributed by atoms with van der Waals surface area (Å²) in [6.07, 6.45) is 1.50. The van der Waals surface area contributed by atoms with Crippen LogP contribution in [0.2, 0.25) is 5.02 Å². The van der Waals surface area contributed by atoms with E-state index >= 15 is 0 Å². The second kappa shape index (κ2) is 6.70. The van der Waals surface area contributed by atoms with E-state index in [1.54, 1.807) is 23.1 Å². The van der Waals surface area contributed by atoms with Gasteiger partial charge in [0.1, 0.15) is 0 Å². The van der Waals surface area contributed by atoms with Crippen LogP contribution in [0.3, 0.4) is 0 Å². The summed E-state index contributed by atoms with van der Waals surface area (Å²) in [5.74, 6) is 0.137. The SMILES string of the molecule is C[NH+](C)CCN(C(=O)c1ccco1)c1nc2ccc(Cl)cc2s1. The van der Waals surface area contributed by atoms with Crippen molar-refractivity contribution in [2.75, 3.05) is 32.1 Å². The Hall–Kier alpha value is -1.89. The standard InChI is InChI=1S/C16H16ClN3O2S/c1-19(2)7-8-20(15(21)13-4-3-9-22-13)16-18-12-6-5-11(17)10-14(12)23-16/h3-6,9-10H,7-8H2,1-2H3/p+1. The number of amides is 1. The van der Waals surface area contributed by atoms with Crippen LogP contribution < -0.4 is 9.80 Å². The minimum atomic E-state index is -0.179. The Balaban J connectivity index is 1.96. The van der Waals surface area contributed by atoms with Crippen molar-refractivity contribution in [3.63, 3.8) is 0 Å². The number of quaternary nitrogens is 1. The molecule has 7 heteroatoms. The highest BCUT2D eigenvalue weighted by Gasteiger charge is 2.24. The summed E-state index contributed by atoms with van der Waals surface area (Å²) in [4.78, 5) is 20.2. The molecule has 0 saturated heterocycles. The Morgan fingerprint density at radius 2 is 2.22 bits per heavy atom. The van der Waals surface area contributed by atoms with Gasteiger partial charge >= 0.3 is 0 Å². The average molecular weight is 351 g/mol. The van der Waals surface area contributed by atoms with E-state index in [1.807, 2.05) is 26.2 Å². The molecule has 1 amide bonds. The van der Waals surface area contributed by atoms with Gasteiger partial charge in [0.05, 0.1) is 43.7 Å². The smallest absolute Gasteiger partial charge is 0.295 e. The first-order valence-electron chi connectivity index (χ1n) is 7.25. The van der Waals surface area contributed by atoms with Crippen molar-refractivity contribution in [3.8, 4) is 0 Å². The number of carbonyl (C=O) groups excluding carboxylic acids is 1. The summed E-state index contributed by atoms with van der Waals surface area (Å²) in [7, 11) is 4.10. The lowest BCUT2D eigenvalue weighted by molar-refractivity contribution is -0.856. The second-order valence-electron chi connectivity index (χ2n) is 5.50. The van der Waals surface area contributed by atoms with E-state index < -0.39 is 0 Å². The number of anilines is 1. The van der Waals surface area contributed by atoms with Crippen LogP contribution in [0.25, 0.3) is 10.2 Å². The predicted molar refractivity (Wildman–Crippen MR) is 92.7 cm³/mol. The predicted octanol–water partition coefficient (Wildman–Crippen LogP) is 2.33. The van der Waals surface area contributed by atoms with Crippen molar-refractivity contribution in [1.82, 2.24) is 4.98 Å². The summed E-state index contributed by atoms with van der Waals surface area (Å²) in [5, 5.41) is 1.32. The zero-order valence-electron chi connectivity index (χ0n) is 12.9. The molecule has 0 atom stereocenters. The maximum absolute atomic E-state index is 12.7. The summed E-state index contributed by atoms with van der Waals surface area (Å²) in [5.41, 5.74) is 0.837. The molecule has 0 aliphatic carbocycles. The first-order chi connectivity index (χ1) is 11.0. The van der Waals surface area contributed by atoms with Crippen LogP contribution in [0.5, 0.6) is 0 Å². The van der Waals surface area contributed by atoms with Crippen LogP contribution in [-0.2, 0) is 0 Å². The number of halogens is 1. The van der Waals surface area contributed by atoms with Gasteiger partial charge in [-0.2, -0.15) is 0 Å². The van der Waals surface area contributed by atoms with E-state index in [9.17, 15) is 4.79 Å². The van der Waals surface area contributed by atoms with Gasteiger partial charge in [-0.25, -0.2) is 4.98 Å². The van der Waals surface area contributed by atoms with Crippen molar-refractivity contribution in [3.05, 3.63) is 47.4 Å². The number of hydrogen-bond acceptors (Lipinski definition) is 4. The van der Waals surface area contributed by atoms with E-state index in [-0.39, 0.29) is 5.91 Å². The van der Waals surface area contributed by atoms with Crippen molar-refractivity contribution in [2.24, 2.45) is 0 Å². The highest BCUT2D eigenvalue weighted by Crippen LogP contribution is 2.31. The largest absolute Gasteiger partial charge is 0.459 e. The molecule has 0 spiro atoms. The lowest BCUT2D eigenvalue weighted by Crippen LogP contribution is -3.06. The van der Waals surface area contributed by atoms with Crippen molar-refractivity contribution < 1.29 is 14.1 Å². The van der Waals surface area contributed by atoms with Crippen LogP contribution in [0.4, 0.5) is 5.13 Å². The molecule has 3 rings (SSSR count). The number of nitrogens with one attached hydrogen (secondary N) is 1. The lowest BCUT2D eigenvalue weighted by atomic mass is 10.3. The highest BCUT2D eigenvalue weighted by molar-refractivity contribution is 7.22. The van der Waals surface area contributed by atoms with Crippen molar-refractivity contribution >= 4 is 44.2 Å². The van der Waals surface area contributed by atoms with Gasteiger partial charge in [0, 0.05) is 5.02 Å². The number of hydrogen-bond donors (Lipinski definition) is 1. The van der Waals surface area contributed by atoms with E-state index in [0.29, 0.717) is 22.5 Å². The molecule has 23 heavy (non-hydrogen) atoms. The van der Waals surface area contributed by atoms with Crippen LogP contribution in [0.15, 0.2) is 41.0 Å². The summed E-state index contributed by atoms with van der Waals surface area (Å²) >= 11 is 7.49. The van der Waals surface area contributed by atoms with E-state index in [0.717, 1.165) is 16.8 Å². The quantitative estimate of drug-likeness (QED) is 0.768. The van der Waals surface area contributed by atoms with Gasteiger partial charge in [0.15, 0.2) is 10.9 Å². The number of likely N-dealkylation sites (N-methyl/N-ethyl adjacent to an activating group) is 1. The Labute approximate surface area is 143 Å². The number of furan rings is 1. The molecule has 1 N–H and O–H groups in total. The topological polar surface area (TPSA) is 50.8 Å². The number of aromatic nitrogens is 1. The van der Waals surface area contributed by atoms with Gasteiger partial charge in [0.25, 0.3) is 5.91 Å². The van der Waals surface area contributed by atoms with Crippen molar-refractivity contribution in [2.45, 2.75) is 0 Å². The normalized spacial score (nSPS) is 11.3. The minimum absolute atomic E-state index is 0.179. The van der Waals surface area contributed by atoms with Gasteiger partial charge in [-0.15, -0.1) is 0 Å². The first kappa shape index (κ1) is 16.0. The fourth-order valence-corrected chi connectivity index (χ4v) is 3.42. The highest BCUT2D eigenvalue weighted by atomic mass is 35.5. The third kappa shape index (κ3) is 3.55. The van der Waals surface area contributed by atoms with E-state index in [2.05, 4.69) is 4.98 Å². The maximum Gasteiger partial charge on any atom is 0.295 e. The minimum Gasteiger partial charge on any atom is -0.459 e. The fraction of sp³-hybridized carbons (Fsp3) is 0.250. The Bertz CT molecular complexity index is 814. The molecule has 0 fully saturated rings. The van der Waals surface area contributed by atoms with Gasteiger partial charge in [0.2, 0.25) is 0 Å². The summed E-state index contributed by atoms with van der Waals surface area (Å²) < 4.78 is 6.22.